The van der Waals surface area contributed by atoms with Crippen molar-refractivity contribution in [3.63, 3.8) is 0 Å². The third-order valence-electron chi connectivity index (χ3n) is 3.72. The first-order chi connectivity index (χ1) is 8.61. The van der Waals surface area contributed by atoms with E-state index in [0.29, 0.717) is 17.2 Å². The highest BCUT2D eigenvalue weighted by atomic mass is 16.2. The molecule has 2 rings (SSSR count). The topological polar surface area (TPSA) is 59.2 Å². The number of rotatable bonds is 2. The molecule has 1 aliphatic heterocycles. The maximum absolute atomic E-state index is 12.5. The summed E-state index contributed by atoms with van der Waals surface area (Å²) >= 11 is 0. The first kappa shape index (κ1) is 12.9. The second kappa shape index (κ2) is 5.38. The molecule has 1 unspecified atom stereocenters. The lowest BCUT2D eigenvalue weighted by molar-refractivity contribution is 0.0670. The van der Waals surface area contributed by atoms with E-state index in [9.17, 15) is 4.79 Å². The summed E-state index contributed by atoms with van der Waals surface area (Å²) in [6, 6.07) is 1.74. The third-order valence-corrected chi connectivity index (χ3v) is 3.72. The minimum atomic E-state index is 0.0745. The highest BCUT2D eigenvalue weighted by Gasteiger charge is 2.24. The summed E-state index contributed by atoms with van der Waals surface area (Å²) in [5.41, 5.74) is 7.67. The van der Waals surface area contributed by atoms with Gasteiger partial charge in [0.1, 0.15) is 0 Å². The number of carbonyl (C=O) groups excluding carboxylic acids is 1. The lowest BCUT2D eigenvalue weighted by atomic mass is 9.95. The highest BCUT2D eigenvalue weighted by molar-refractivity contribution is 5.96. The number of carbonyl (C=O) groups is 1. The average molecular weight is 247 g/mol. The van der Waals surface area contributed by atoms with Crippen LogP contribution in [0.3, 0.4) is 0 Å². The molecular formula is C14H21N3O. The Kier molecular flexibility index (Phi) is 3.84. The molecule has 4 heteroatoms. The Labute approximate surface area is 108 Å². The summed E-state index contributed by atoms with van der Waals surface area (Å²) in [6.45, 7) is 5.76. The predicted molar refractivity (Wildman–Crippen MR) is 72.3 cm³/mol. The van der Waals surface area contributed by atoms with Gasteiger partial charge in [-0.3, -0.25) is 9.78 Å². The summed E-state index contributed by atoms with van der Waals surface area (Å²) in [7, 11) is 0. The second-order valence-corrected chi connectivity index (χ2v) is 5.07. The number of aromatic nitrogens is 1. The Morgan fingerprint density at radius 1 is 1.61 bits per heavy atom. The van der Waals surface area contributed by atoms with E-state index in [0.717, 1.165) is 31.6 Å². The molecule has 0 saturated carbocycles. The number of nitrogen functional groups attached to an aromatic ring is 1. The molecule has 1 amide bonds. The number of anilines is 1. The van der Waals surface area contributed by atoms with Crippen LogP contribution in [-0.2, 0) is 0 Å². The average Bonchev–Trinajstić information content (AvgIpc) is 2.41. The van der Waals surface area contributed by atoms with Gasteiger partial charge in [0, 0.05) is 13.1 Å². The SMILES string of the molecule is CCC1CCCN(C(=O)c2cc(N)cnc2C)C1. The van der Waals surface area contributed by atoms with Crippen molar-refractivity contribution < 1.29 is 4.79 Å². The number of aryl methyl sites for hydroxylation is 1. The van der Waals surface area contributed by atoms with E-state index in [1.54, 1.807) is 12.3 Å². The van der Waals surface area contributed by atoms with Gasteiger partial charge in [-0.2, -0.15) is 0 Å². The van der Waals surface area contributed by atoms with Gasteiger partial charge in [-0.1, -0.05) is 13.3 Å². The van der Waals surface area contributed by atoms with Crippen molar-refractivity contribution in [2.24, 2.45) is 5.92 Å². The molecule has 1 saturated heterocycles. The van der Waals surface area contributed by atoms with Gasteiger partial charge in [-0.15, -0.1) is 0 Å². The molecule has 1 aromatic rings. The first-order valence-corrected chi connectivity index (χ1v) is 6.63. The van der Waals surface area contributed by atoms with E-state index in [1.165, 1.54) is 6.42 Å². The molecule has 2 N–H and O–H groups in total. The number of nitrogens with zero attached hydrogens (tertiary/aromatic N) is 2. The molecule has 0 bridgehead atoms. The number of likely N-dealkylation sites (tertiary alicyclic amines) is 1. The Morgan fingerprint density at radius 3 is 3.11 bits per heavy atom. The number of hydrogen-bond donors (Lipinski definition) is 1. The molecule has 1 atom stereocenters. The number of piperidine rings is 1. The molecule has 1 aliphatic rings. The van der Waals surface area contributed by atoms with Gasteiger partial charge in [-0.25, -0.2) is 0 Å². The van der Waals surface area contributed by atoms with Crippen molar-refractivity contribution in [3.05, 3.63) is 23.5 Å². The number of hydrogen-bond acceptors (Lipinski definition) is 3. The van der Waals surface area contributed by atoms with Crippen LogP contribution in [0.1, 0.15) is 42.2 Å². The first-order valence-electron chi connectivity index (χ1n) is 6.63. The second-order valence-electron chi connectivity index (χ2n) is 5.07. The van der Waals surface area contributed by atoms with Crippen molar-refractivity contribution in [2.75, 3.05) is 18.8 Å². The van der Waals surface area contributed by atoms with Gasteiger partial charge in [0.2, 0.25) is 0 Å². The fourth-order valence-corrected chi connectivity index (χ4v) is 2.52. The maximum Gasteiger partial charge on any atom is 0.255 e. The summed E-state index contributed by atoms with van der Waals surface area (Å²) in [4.78, 5) is 18.6. The van der Waals surface area contributed by atoms with Crippen molar-refractivity contribution in [3.8, 4) is 0 Å². The summed E-state index contributed by atoms with van der Waals surface area (Å²) in [6.07, 6.45) is 5.06. The monoisotopic (exact) mass is 247 g/mol. The molecule has 98 valence electrons. The fourth-order valence-electron chi connectivity index (χ4n) is 2.52. The summed E-state index contributed by atoms with van der Waals surface area (Å²) < 4.78 is 0. The highest BCUT2D eigenvalue weighted by Crippen LogP contribution is 2.22. The van der Waals surface area contributed by atoms with Crippen molar-refractivity contribution >= 4 is 11.6 Å². The van der Waals surface area contributed by atoms with Gasteiger partial charge in [0.15, 0.2) is 0 Å². The van der Waals surface area contributed by atoms with Crippen LogP contribution in [0.4, 0.5) is 5.69 Å². The Hall–Kier alpha value is -1.58. The van der Waals surface area contributed by atoms with Crippen LogP contribution < -0.4 is 5.73 Å². The van der Waals surface area contributed by atoms with Crippen LogP contribution in [0.25, 0.3) is 0 Å². The van der Waals surface area contributed by atoms with Crippen molar-refractivity contribution in [1.82, 2.24) is 9.88 Å². The number of nitrogens with two attached hydrogens (primary N) is 1. The molecule has 1 fully saturated rings. The smallest absolute Gasteiger partial charge is 0.255 e. The molecule has 18 heavy (non-hydrogen) atoms. The Morgan fingerprint density at radius 2 is 2.39 bits per heavy atom. The van der Waals surface area contributed by atoms with Crippen molar-refractivity contribution in [1.29, 1.82) is 0 Å². The van der Waals surface area contributed by atoms with Gasteiger partial charge in [-0.05, 0) is 31.7 Å². The number of amides is 1. The lowest BCUT2D eigenvalue weighted by Crippen LogP contribution is -2.40. The van der Waals surface area contributed by atoms with Crippen LogP contribution in [0.5, 0.6) is 0 Å². The molecule has 0 spiro atoms. The van der Waals surface area contributed by atoms with Crippen molar-refractivity contribution in [2.45, 2.75) is 33.1 Å². The van der Waals surface area contributed by atoms with Gasteiger partial charge in [0.05, 0.1) is 23.1 Å². The standard InChI is InChI=1S/C14H21N3O/c1-3-11-5-4-6-17(9-11)14(18)13-7-12(15)8-16-10(13)2/h7-8,11H,3-6,9,15H2,1-2H3. The maximum atomic E-state index is 12.5. The molecule has 0 aromatic carbocycles. The predicted octanol–water partition coefficient (Wildman–Crippen LogP) is 2.23. The molecule has 2 heterocycles. The zero-order valence-corrected chi connectivity index (χ0v) is 11.1. The minimum Gasteiger partial charge on any atom is -0.397 e. The van der Waals surface area contributed by atoms with E-state index in [1.807, 2.05) is 11.8 Å². The Balaban J connectivity index is 2.17. The molecule has 4 nitrogen and oxygen atoms in total. The summed E-state index contributed by atoms with van der Waals surface area (Å²) in [5, 5.41) is 0. The van der Waals surface area contributed by atoms with E-state index in [-0.39, 0.29) is 5.91 Å². The van der Waals surface area contributed by atoms with Crippen LogP contribution in [-0.4, -0.2) is 28.9 Å². The van der Waals surface area contributed by atoms with Gasteiger partial charge in [0.25, 0.3) is 5.91 Å². The van der Waals surface area contributed by atoms with Crippen LogP contribution >= 0.6 is 0 Å². The lowest BCUT2D eigenvalue weighted by Gasteiger charge is -2.32. The summed E-state index contributed by atoms with van der Waals surface area (Å²) in [5.74, 6) is 0.711. The Bertz CT molecular complexity index is 445. The normalized spacial score (nSPS) is 19.9. The van der Waals surface area contributed by atoms with Crippen LogP contribution in [0.2, 0.25) is 0 Å². The van der Waals surface area contributed by atoms with E-state index in [2.05, 4.69) is 11.9 Å². The zero-order chi connectivity index (χ0) is 13.1. The third kappa shape index (κ3) is 2.63. The van der Waals surface area contributed by atoms with Crippen LogP contribution in [0, 0.1) is 12.8 Å². The fraction of sp³-hybridized carbons (Fsp3) is 0.571. The largest absolute Gasteiger partial charge is 0.397 e. The molecule has 1 aromatic heterocycles. The van der Waals surface area contributed by atoms with E-state index >= 15 is 0 Å². The quantitative estimate of drug-likeness (QED) is 0.871. The van der Waals surface area contributed by atoms with Gasteiger partial charge >= 0.3 is 0 Å². The van der Waals surface area contributed by atoms with E-state index in [4.69, 9.17) is 5.73 Å². The zero-order valence-electron chi connectivity index (χ0n) is 11.1. The van der Waals surface area contributed by atoms with Crippen LogP contribution in [0.15, 0.2) is 12.3 Å². The minimum absolute atomic E-state index is 0.0745. The number of pyridine rings is 1. The molecule has 0 aliphatic carbocycles. The molecule has 0 radical (unpaired) electrons. The van der Waals surface area contributed by atoms with Gasteiger partial charge < -0.3 is 10.6 Å². The van der Waals surface area contributed by atoms with E-state index < -0.39 is 0 Å². The molecular weight excluding hydrogens is 226 g/mol.